The first-order chi connectivity index (χ1) is 25.1. The molecule has 2 aromatic heterocycles. The number of aryl methyl sites for hydroxylation is 2. The van der Waals surface area contributed by atoms with Crippen LogP contribution < -0.4 is 0 Å². The van der Waals surface area contributed by atoms with Crippen molar-refractivity contribution < 1.29 is 57.9 Å². The Morgan fingerprint density at radius 2 is 1.05 bits per heavy atom. The molecule has 0 N–H and O–H groups in total. The number of rotatable bonds is 8. The van der Waals surface area contributed by atoms with Crippen molar-refractivity contribution in [2.75, 3.05) is 31.9 Å². The molecule has 2 amide bonds. The minimum Gasteiger partial charge on any atom is -0.444 e. The van der Waals surface area contributed by atoms with Gasteiger partial charge in [0.15, 0.2) is 9.84 Å². The van der Waals surface area contributed by atoms with Gasteiger partial charge in [0.1, 0.15) is 42.7 Å². The molecule has 0 bridgehead atoms. The summed E-state index contributed by atoms with van der Waals surface area (Å²) in [6, 6.07) is 0. The van der Waals surface area contributed by atoms with Crippen molar-refractivity contribution >= 4 is 55.1 Å². The van der Waals surface area contributed by atoms with Crippen molar-refractivity contribution in [1.82, 2.24) is 29.4 Å². The molecule has 14 nitrogen and oxygen atoms in total. The Morgan fingerprint density at radius 3 is 1.42 bits per heavy atom. The third-order valence-electron chi connectivity index (χ3n) is 8.51. The highest BCUT2D eigenvalue weighted by atomic mass is 35.5. The molecule has 0 aromatic carbocycles. The van der Waals surface area contributed by atoms with Gasteiger partial charge in [-0.1, -0.05) is 38.1 Å². The Bertz CT molecular complexity index is 1900. The number of nitrogens with zero attached hydrogens (tertiary/aromatic N) is 6. The van der Waals surface area contributed by atoms with Crippen LogP contribution in [-0.2, 0) is 43.2 Å². The molecule has 0 aliphatic carbocycles. The first-order valence-corrected chi connectivity index (χ1v) is 21.1. The number of amides is 2. The lowest BCUT2D eigenvalue weighted by Crippen LogP contribution is -2.44. The van der Waals surface area contributed by atoms with Gasteiger partial charge in [0, 0.05) is 46.2 Å². The first kappa shape index (κ1) is 52.1. The average Bonchev–Trinajstić information content (AvgIpc) is 3.54. The summed E-state index contributed by atoms with van der Waals surface area (Å²) in [7, 11) is -6.32. The number of piperidine rings is 2. The minimum absolute atomic E-state index is 0. The minimum atomic E-state index is -4.79. The second-order valence-corrected chi connectivity index (χ2v) is 19.9. The molecule has 2 saturated heterocycles. The number of ether oxygens (including phenoxy) is 2. The highest BCUT2D eigenvalue weighted by molar-refractivity contribution is 7.92. The summed E-state index contributed by atoms with van der Waals surface area (Å²) in [6.07, 6.45) is -6.32. The lowest BCUT2D eigenvalue weighted by molar-refractivity contribution is 0.0163. The van der Waals surface area contributed by atoms with Gasteiger partial charge in [0.05, 0.1) is 5.75 Å². The molecule has 2 fully saturated rings. The summed E-state index contributed by atoms with van der Waals surface area (Å²) in [5, 5.41) is 6.03. The van der Waals surface area contributed by atoms with Gasteiger partial charge in [-0.2, -0.15) is 10.2 Å². The number of sulfone groups is 2. The lowest BCUT2D eigenvalue weighted by Gasteiger charge is -2.34. The molecule has 2 aliphatic rings. The van der Waals surface area contributed by atoms with Crippen molar-refractivity contribution in [3.63, 3.8) is 0 Å². The van der Waals surface area contributed by atoms with Crippen molar-refractivity contribution in [2.24, 2.45) is 25.9 Å². The van der Waals surface area contributed by atoms with Crippen LogP contribution in [0.2, 0.25) is 10.3 Å². The number of hydrogen-bond donors (Lipinski definition) is 0. The molecule has 4 rings (SSSR count). The maximum atomic E-state index is 14.9. The van der Waals surface area contributed by atoms with Crippen molar-refractivity contribution in [3.8, 4) is 0 Å². The smallest absolute Gasteiger partial charge is 0.410 e. The zero-order chi connectivity index (χ0) is 42.0. The summed E-state index contributed by atoms with van der Waals surface area (Å²) in [5.74, 6) is -1.55. The fraction of sp³-hybridized carbons (Fsp3) is 0.765. The maximum Gasteiger partial charge on any atom is 0.410 e. The van der Waals surface area contributed by atoms with Gasteiger partial charge in [-0.15, -0.1) is 0 Å². The quantitative estimate of drug-likeness (QED) is 0.235. The molecule has 0 radical (unpaired) electrons. The van der Waals surface area contributed by atoms with Gasteiger partial charge in [0.25, 0.3) is 12.9 Å². The van der Waals surface area contributed by atoms with E-state index in [2.05, 4.69) is 10.2 Å². The molecule has 330 valence electrons. The Labute approximate surface area is 342 Å². The van der Waals surface area contributed by atoms with E-state index < -0.39 is 93.7 Å². The SMILES string of the molecule is C.C.Cn1nc(C(F)F)c(S(=O)(=O)C(F)C2CCN(C(=O)OC(C)(C)C)CC2)c1Cl.Cn1nc(C(F)F)c(S(=O)(=O)CC2CCN(C(=O)OC(C)(C)C)CC2)c1Cl. The van der Waals surface area contributed by atoms with Crippen LogP contribution in [0.4, 0.5) is 31.5 Å². The average molecular weight is 906 g/mol. The predicted octanol–water partition coefficient (Wildman–Crippen LogP) is 8.43. The van der Waals surface area contributed by atoms with E-state index >= 15 is 0 Å². The number of halogens is 7. The lowest BCUT2D eigenvalue weighted by atomic mass is 9.98. The highest BCUT2D eigenvalue weighted by Gasteiger charge is 2.43. The number of hydrogen-bond acceptors (Lipinski definition) is 10. The van der Waals surface area contributed by atoms with E-state index in [1.54, 1.807) is 41.5 Å². The fourth-order valence-corrected chi connectivity index (χ4v) is 10.6. The number of carbonyl (C=O) groups is 2. The van der Waals surface area contributed by atoms with Gasteiger partial charge in [-0.3, -0.25) is 9.36 Å². The number of aromatic nitrogens is 4. The van der Waals surface area contributed by atoms with Crippen molar-refractivity contribution in [3.05, 3.63) is 21.7 Å². The number of carbonyl (C=O) groups excluding carboxylic acids is 2. The molecule has 0 spiro atoms. The molecule has 4 heterocycles. The van der Waals surface area contributed by atoms with E-state index in [0.717, 1.165) is 9.36 Å². The first-order valence-electron chi connectivity index (χ1n) is 17.1. The third kappa shape index (κ3) is 13.3. The summed E-state index contributed by atoms with van der Waals surface area (Å²) >= 11 is 11.7. The summed E-state index contributed by atoms with van der Waals surface area (Å²) in [4.78, 5) is 25.4. The Morgan fingerprint density at radius 1 is 0.702 bits per heavy atom. The Hall–Kier alpha value is -2.91. The van der Waals surface area contributed by atoms with E-state index in [4.69, 9.17) is 32.7 Å². The summed E-state index contributed by atoms with van der Waals surface area (Å²) in [6.45, 7) is 11.3. The second-order valence-electron chi connectivity index (χ2n) is 15.3. The second kappa shape index (κ2) is 19.9. The Kier molecular flexibility index (Phi) is 18.2. The van der Waals surface area contributed by atoms with Crippen molar-refractivity contribution in [1.29, 1.82) is 0 Å². The zero-order valence-corrected chi connectivity index (χ0v) is 34.8. The van der Waals surface area contributed by atoms with Gasteiger partial charge in [0.2, 0.25) is 15.3 Å². The molecule has 57 heavy (non-hydrogen) atoms. The number of likely N-dealkylation sites (tertiary alicyclic amines) is 2. The van der Waals surface area contributed by atoms with Crippen LogP contribution in [0.5, 0.6) is 0 Å². The van der Waals surface area contributed by atoms with Crippen LogP contribution in [0, 0.1) is 11.8 Å². The molecular formula is C34H55Cl2F5N6O8S2. The van der Waals surface area contributed by atoms with Crippen molar-refractivity contribution in [2.45, 2.75) is 121 Å². The van der Waals surface area contributed by atoms with Crippen LogP contribution in [0.1, 0.15) is 106 Å². The van der Waals surface area contributed by atoms with E-state index in [1.807, 2.05) is 0 Å². The monoisotopic (exact) mass is 904 g/mol. The molecule has 0 saturated carbocycles. The van der Waals surface area contributed by atoms with Gasteiger partial charge in [-0.25, -0.2) is 48.4 Å². The standard InChI is InChI=1S/C16H23ClF3N3O4S.C16H24ClF2N3O4S.2CH4/c1-16(2,3)27-15(24)23-7-5-9(6-8-23)14(20)28(25,26)11-10(13(18)19)21-22(4)12(11)17;1-16(2,3)26-15(23)22-7-5-10(6-8-22)9-27(24,25)12-11(14(18)19)20-21(4)13(12)17;;/h9,13-14H,5-8H2,1-4H3;10,14H,5-9H2,1-4H3;2*1H4. The molecule has 1 unspecified atom stereocenters. The zero-order valence-electron chi connectivity index (χ0n) is 31.7. The molecule has 1 atom stereocenters. The summed E-state index contributed by atoms with van der Waals surface area (Å²) < 4.78 is 130. The van der Waals surface area contributed by atoms with Crippen LogP contribution in [0.3, 0.4) is 0 Å². The molecule has 23 heteroatoms. The van der Waals surface area contributed by atoms with Gasteiger partial charge >= 0.3 is 12.2 Å². The highest BCUT2D eigenvalue weighted by Crippen LogP contribution is 2.38. The van der Waals surface area contributed by atoms with Crippen LogP contribution >= 0.6 is 23.2 Å². The van der Waals surface area contributed by atoms with E-state index in [0.29, 0.717) is 25.9 Å². The topological polar surface area (TPSA) is 163 Å². The normalized spacial score (nSPS) is 16.7. The van der Waals surface area contributed by atoms with Gasteiger partial charge < -0.3 is 19.3 Å². The predicted molar refractivity (Wildman–Crippen MR) is 205 cm³/mol. The summed E-state index contributed by atoms with van der Waals surface area (Å²) in [5.41, 5.74) is -5.63. The third-order valence-corrected chi connectivity index (χ3v) is 13.5. The van der Waals surface area contributed by atoms with Crippen LogP contribution in [-0.4, -0.2) is 107 Å². The van der Waals surface area contributed by atoms with E-state index in [-0.39, 0.29) is 57.6 Å². The van der Waals surface area contributed by atoms with Crippen LogP contribution in [0.15, 0.2) is 9.79 Å². The van der Waals surface area contributed by atoms with E-state index in [1.165, 1.54) is 23.9 Å². The van der Waals surface area contributed by atoms with E-state index in [9.17, 15) is 48.4 Å². The number of alkyl halides is 5. The van der Waals surface area contributed by atoms with Crippen LogP contribution in [0.25, 0.3) is 0 Å². The maximum absolute atomic E-state index is 14.9. The molecule has 2 aliphatic heterocycles. The molecule has 2 aromatic rings. The largest absolute Gasteiger partial charge is 0.444 e. The Balaban J connectivity index is 0.000000551. The fourth-order valence-electron chi connectivity index (χ4n) is 5.88. The molecular weight excluding hydrogens is 850 g/mol. The van der Waals surface area contributed by atoms with Gasteiger partial charge in [-0.05, 0) is 73.1 Å².